The molecule has 2 aliphatic rings. The summed E-state index contributed by atoms with van der Waals surface area (Å²) in [5, 5.41) is 11.6. The lowest BCUT2D eigenvalue weighted by molar-refractivity contribution is -0.140. The summed E-state index contributed by atoms with van der Waals surface area (Å²) in [7, 11) is 1.55. The molecule has 0 bridgehead atoms. The molecule has 222 valence electrons. The maximum absolute atomic E-state index is 13.5. The molecule has 1 N–H and O–H groups in total. The Bertz CT molecular complexity index is 1270. The molecule has 2 aliphatic heterocycles. The highest BCUT2D eigenvalue weighted by molar-refractivity contribution is 6.46. The summed E-state index contributed by atoms with van der Waals surface area (Å²) < 4.78 is 22.5. The number of nitrogens with zero attached hydrogens (tertiary/aromatic N) is 2. The average molecular weight is 567 g/mol. The van der Waals surface area contributed by atoms with Crippen molar-refractivity contribution in [1.29, 1.82) is 0 Å². The summed E-state index contributed by atoms with van der Waals surface area (Å²) in [5.41, 5.74) is 1.94. The third-order valence-electron chi connectivity index (χ3n) is 7.36. The maximum atomic E-state index is 13.5. The fourth-order valence-electron chi connectivity index (χ4n) is 5.28. The molecule has 0 spiro atoms. The van der Waals surface area contributed by atoms with Crippen LogP contribution in [0.2, 0.25) is 0 Å². The molecule has 2 saturated heterocycles. The molecule has 9 nitrogen and oxygen atoms in total. The molecule has 9 heteroatoms. The SMILES string of the molecule is CCOc1ccc([C@@H]2/C(=C(\O)c3ccc(OCC(C)C)cc3C)C(=O)C(=O)N2CCCN2CCOCC2)cc1OC. The molecule has 4 rings (SSSR count). The molecule has 0 aliphatic carbocycles. The van der Waals surface area contributed by atoms with Crippen molar-refractivity contribution in [2.24, 2.45) is 5.92 Å². The molecule has 0 saturated carbocycles. The third kappa shape index (κ3) is 7.02. The number of ether oxygens (including phenoxy) is 4. The van der Waals surface area contributed by atoms with Gasteiger partial charge >= 0.3 is 0 Å². The van der Waals surface area contributed by atoms with Crippen LogP contribution in [-0.2, 0) is 14.3 Å². The highest BCUT2D eigenvalue weighted by Crippen LogP contribution is 2.42. The number of morpholine rings is 1. The van der Waals surface area contributed by atoms with Crippen molar-refractivity contribution in [3.63, 3.8) is 0 Å². The lowest BCUT2D eigenvalue weighted by Crippen LogP contribution is -2.39. The van der Waals surface area contributed by atoms with Crippen LogP contribution < -0.4 is 14.2 Å². The van der Waals surface area contributed by atoms with Crippen LogP contribution in [0, 0.1) is 12.8 Å². The van der Waals surface area contributed by atoms with Crippen molar-refractivity contribution in [2.45, 2.75) is 40.2 Å². The first-order valence-electron chi connectivity index (χ1n) is 14.4. The fraction of sp³-hybridized carbons (Fsp3) is 0.500. The molecular formula is C32H42N2O7. The molecule has 41 heavy (non-hydrogen) atoms. The second-order valence-corrected chi connectivity index (χ2v) is 10.8. The van der Waals surface area contributed by atoms with Crippen LogP contribution in [0.1, 0.15) is 49.9 Å². The van der Waals surface area contributed by atoms with E-state index in [2.05, 4.69) is 18.7 Å². The molecule has 2 fully saturated rings. The van der Waals surface area contributed by atoms with Crippen molar-refractivity contribution in [3.8, 4) is 17.2 Å². The Kier molecular flexibility index (Phi) is 10.3. The first-order chi connectivity index (χ1) is 19.7. The Labute approximate surface area is 242 Å². The maximum Gasteiger partial charge on any atom is 0.295 e. The number of benzene rings is 2. The van der Waals surface area contributed by atoms with Crippen LogP contribution in [0.3, 0.4) is 0 Å². The van der Waals surface area contributed by atoms with E-state index in [9.17, 15) is 14.7 Å². The standard InChI is InChI=1S/C32H42N2O7/c1-6-40-26-11-8-23(19-27(26)38-5)29-28(30(35)25-10-9-24(18-22(25)4)41-20-21(2)3)31(36)32(37)34(29)13-7-12-33-14-16-39-17-15-33/h8-11,18-19,21,29,35H,6-7,12-17,20H2,1-5H3/b30-28+/t29-/m1/s1. The number of hydrogen-bond donors (Lipinski definition) is 1. The number of aliphatic hydroxyl groups excluding tert-OH is 1. The number of hydrogen-bond acceptors (Lipinski definition) is 8. The summed E-state index contributed by atoms with van der Waals surface area (Å²) in [4.78, 5) is 30.9. The number of aliphatic hydroxyl groups is 1. The van der Waals surface area contributed by atoms with E-state index in [-0.39, 0.29) is 11.3 Å². The minimum Gasteiger partial charge on any atom is -0.507 e. The summed E-state index contributed by atoms with van der Waals surface area (Å²) in [6, 6.07) is 9.95. The molecule has 2 aromatic carbocycles. The van der Waals surface area contributed by atoms with Gasteiger partial charge in [-0.2, -0.15) is 0 Å². The highest BCUT2D eigenvalue weighted by Gasteiger charge is 2.46. The van der Waals surface area contributed by atoms with Crippen molar-refractivity contribution in [1.82, 2.24) is 9.80 Å². The summed E-state index contributed by atoms with van der Waals surface area (Å²) in [5.74, 6) is 0.580. The van der Waals surface area contributed by atoms with Gasteiger partial charge in [-0.15, -0.1) is 0 Å². The Morgan fingerprint density at radius 3 is 2.46 bits per heavy atom. The van der Waals surface area contributed by atoms with Crippen LogP contribution in [0.15, 0.2) is 42.0 Å². The zero-order chi connectivity index (χ0) is 29.5. The van der Waals surface area contributed by atoms with E-state index in [0.29, 0.717) is 73.7 Å². The minimum atomic E-state index is -0.777. The van der Waals surface area contributed by atoms with E-state index in [1.54, 1.807) is 36.3 Å². The van der Waals surface area contributed by atoms with Gasteiger partial charge in [0, 0.05) is 31.7 Å². The van der Waals surface area contributed by atoms with Gasteiger partial charge in [-0.05, 0) is 67.6 Å². The lowest BCUT2D eigenvalue weighted by Gasteiger charge is -2.29. The van der Waals surface area contributed by atoms with E-state index in [0.717, 1.165) is 25.2 Å². The summed E-state index contributed by atoms with van der Waals surface area (Å²) in [6.07, 6.45) is 0.679. The van der Waals surface area contributed by atoms with Crippen molar-refractivity contribution >= 4 is 17.4 Å². The molecule has 1 atom stereocenters. The number of Topliss-reactive ketones (excluding diaryl/α,β-unsaturated/α-hetero) is 1. The third-order valence-corrected chi connectivity index (χ3v) is 7.36. The zero-order valence-corrected chi connectivity index (χ0v) is 24.8. The summed E-state index contributed by atoms with van der Waals surface area (Å²) >= 11 is 0. The highest BCUT2D eigenvalue weighted by atomic mass is 16.5. The second kappa shape index (κ2) is 13.9. The molecule has 0 radical (unpaired) electrons. The average Bonchev–Trinajstić information content (AvgIpc) is 3.22. The van der Waals surface area contributed by atoms with Gasteiger partial charge in [0.2, 0.25) is 0 Å². The second-order valence-electron chi connectivity index (χ2n) is 10.8. The zero-order valence-electron chi connectivity index (χ0n) is 24.8. The fourth-order valence-corrected chi connectivity index (χ4v) is 5.28. The van der Waals surface area contributed by atoms with Crippen molar-refractivity contribution in [3.05, 3.63) is 58.7 Å². The molecule has 2 aromatic rings. The Hall–Kier alpha value is -3.56. The summed E-state index contributed by atoms with van der Waals surface area (Å²) in [6.45, 7) is 13.1. The molecular weight excluding hydrogens is 524 g/mol. The van der Waals surface area contributed by atoms with Crippen LogP contribution in [-0.4, -0.2) is 86.3 Å². The van der Waals surface area contributed by atoms with Crippen LogP contribution >= 0.6 is 0 Å². The van der Waals surface area contributed by atoms with Crippen molar-refractivity contribution < 1.29 is 33.6 Å². The predicted octanol–water partition coefficient (Wildman–Crippen LogP) is 4.58. The van der Waals surface area contributed by atoms with Gasteiger partial charge in [0.25, 0.3) is 11.7 Å². The number of aryl methyl sites for hydroxylation is 1. The quantitative estimate of drug-likeness (QED) is 0.227. The van der Waals surface area contributed by atoms with E-state index in [1.165, 1.54) is 0 Å². The van der Waals surface area contributed by atoms with Gasteiger partial charge in [-0.25, -0.2) is 0 Å². The number of methoxy groups -OCH3 is 1. The van der Waals surface area contributed by atoms with Gasteiger partial charge in [-0.3, -0.25) is 14.5 Å². The minimum absolute atomic E-state index is 0.0616. The van der Waals surface area contributed by atoms with Gasteiger partial charge in [-0.1, -0.05) is 19.9 Å². The topological polar surface area (TPSA) is 97.8 Å². The van der Waals surface area contributed by atoms with E-state index in [1.807, 2.05) is 26.0 Å². The first kappa shape index (κ1) is 30.4. The van der Waals surface area contributed by atoms with Gasteiger partial charge in [0.05, 0.1) is 45.2 Å². The Morgan fingerprint density at radius 1 is 1.05 bits per heavy atom. The molecule has 0 unspecified atom stereocenters. The van der Waals surface area contributed by atoms with E-state index >= 15 is 0 Å². The monoisotopic (exact) mass is 566 g/mol. The number of likely N-dealkylation sites (tertiary alicyclic amines) is 1. The van der Waals surface area contributed by atoms with Gasteiger partial charge < -0.3 is 29.0 Å². The largest absolute Gasteiger partial charge is 0.507 e. The Morgan fingerprint density at radius 2 is 1.80 bits per heavy atom. The van der Waals surface area contributed by atoms with E-state index < -0.39 is 17.7 Å². The molecule has 2 heterocycles. The number of amides is 1. The smallest absolute Gasteiger partial charge is 0.295 e. The molecule has 1 amide bonds. The number of rotatable bonds is 12. The van der Waals surface area contributed by atoms with Crippen LogP contribution in [0.5, 0.6) is 17.2 Å². The van der Waals surface area contributed by atoms with Gasteiger partial charge in [0.1, 0.15) is 11.5 Å². The first-order valence-corrected chi connectivity index (χ1v) is 14.4. The van der Waals surface area contributed by atoms with Crippen LogP contribution in [0.25, 0.3) is 5.76 Å². The van der Waals surface area contributed by atoms with Crippen molar-refractivity contribution in [2.75, 3.05) is 59.7 Å². The Balaban J connectivity index is 1.72. The van der Waals surface area contributed by atoms with Crippen LogP contribution in [0.4, 0.5) is 0 Å². The number of carbonyl (C=O) groups excluding carboxylic acids is 2. The number of carbonyl (C=O) groups is 2. The predicted molar refractivity (Wildman–Crippen MR) is 157 cm³/mol. The lowest BCUT2D eigenvalue weighted by atomic mass is 9.93. The molecule has 0 aromatic heterocycles. The van der Waals surface area contributed by atoms with Gasteiger partial charge in [0.15, 0.2) is 11.5 Å². The van der Waals surface area contributed by atoms with E-state index in [4.69, 9.17) is 18.9 Å². The number of ketones is 1. The normalized spacial score (nSPS) is 19.2.